The second kappa shape index (κ2) is 5.32. The summed E-state index contributed by atoms with van der Waals surface area (Å²) in [5.74, 6) is 0. The third kappa shape index (κ3) is 2.82. The van der Waals surface area contributed by atoms with Gasteiger partial charge in [0.15, 0.2) is 0 Å². The predicted molar refractivity (Wildman–Crippen MR) is 63.5 cm³/mol. The highest BCUT2D eigenvalue weighted by Gasteiger charge is 2.05. The van der Waals surface area contributed by atoms with E-state index in [0.29, 0.717) is 6.54 Å². The van der Waals surface area contributed by atoms with Crippen molar-refractivity contribution < 1.29 is 5.21 Å². The summed E-state index contributed by atoms with van der Waals surface area (Å²) in [5.41, 5.74) is 3.33. The zero-order chi connectivity index (χ0) is 10.5. The van der Waals surface area contributed by atoms with E-state index in [1.165, 1.54) is 9.10 Å². The van der Waals surface area contributed by atoms with Crippen LogP contribution in [0.3, 0.4) is 0 Å². The Hall–Kier alpha value is -0.810. The van der Waals surface area contributed by atoms with Gasteiger partial charge in [-0.15, -0.1) is 11.3 Å². The van der Waals surface area contributed by atoms with Crippen molar-refractivity contribution in [1.29, 1.82) is 0 Å². The number of thiophene rings is 1. The molecule has 0 fully saturated rings. The van der Waals surface area contributed by atoms with E-state index in [4.69, 9.17) is 5.21 Å². The highest BCUT2D eigenvalue weighted by Crippen LogP contribution is 2.34. The third-order valence-electron chi connectivity index (χ3n) is 1.93. The molecule has 0 atom stereocenters. The molecule has 2 nitrogen and oxygen atoms in total. The van der Waals surface area contributed by atoms with E-state index in [0.717, 1.165) is 5.56 Å². The Labute approximate surface area is 96.9 Å². The van der Waals surface area contributed by atoms with Crippen molar-refractivity contribution in [2.24, 2.45) is 0 Å². The Morgan fingerprint density at radius 2 is 2.00 bits per heavy atom. The molecule has 2 rings (SSSR count). The van der Waals surface area contributed by atoms with Crippen LogP contribution in [0.15, 0.2) is 50.9 Å². The van der Waals surface area contributed by atoms with Gasteiger partial charge in [0.25, 0.3) is 0 Å². The van der Waals surface area contributed by atoms with Crippen LogP contribution in [0.1, 0.15) is 5.56 Å². The van der Waals surface area contributed by atoms with Gasteiger partial charge in [-0.2, -0.15) is 0 Å². The summed E-state index contributed by atoms with van der Waals surface area (Å²) >= 11 is 3.42. The van der Waals surface area contributed by atoms with Crippen LogP contribution in [0.5, 0.6) is 0 Å². The fourth-order valence-electron chi connectivity index (χ4n) is 1.22. The van der Waals surface area contributed by atoms with Crippen molar-refractivity contribution in [3.05, 3.63) is 47.3 Å². The van der Waals surface area contributed by atoms with Crippen molar-refractivity contribution in [3.63, 3.8) is 0 Å². The summed E-state index contributed by atoms with van der Waals surface area (Å²) in [5, 5.41) is 10.7. The number of hydrogen-bond acceptors (Lipinski definition) is 4. The standard InChI is InChI=1S/C11H11NOS2/c13-12-8-9-6-7-14-11(9)15-10-4-2-1-3-5-10/h1-7,12-13H,8H2. The lowest BCUT2D eigenvalue weighted by molar-refractivity contribution is 0.161. The van der Waals surface area contributed by atoms with E-state index in [-0.39, 0.29) is 0 Å². The summed E-state index contributed by atoms with van der Waals surface area (Å²) in [6.45, 7) is 0.499. The summed E-state index contributed by atoms with van der Waals surface area (Å²) in [4.78, 5) is 1.22. The van der Waals surface area contributed by atoms with E-state index >= 15 is 0 Å². The number of nitrogens with one attached hydrogen (secondary N) is 1. The van der Waals surface area contributed by atoms with Gasteiger partial charge in [-0.1, -0.05) is 30.0 Å². The van der Waals surface area contributed by atoms with Crippen LogP contribution >= 0.6 is 23.1 Å². The molecule has 2 N–H and O–H groups in total. The minimum Gasteiger partial charge on any atom is -0.316 e. The maximum atomic E-state index is 8.67. The average molecular weight is 237 g/mol. The molecule has 0 spiro atoms. The minimum absolute atomic E-state index is 0.499. The Morgan fingerprint density at radius 3 is 2.73 bits per heavy atom. The van der Waals surface area contributed by atoms with Crippen molar-refractivity contribution in [2.75, 3.05) is 0 Å². The van der Waals surface area contributed by atoms with Crippen LogP contribution in [0.25, 0.3) is 0 Å². The largest absolute Gasteiger partial charge is 0.316 e. The van der Waals surface area contributed by atoms with Gasteiger partial charge in [0.05, 0.1) is 4.21 Å². The number of hydroxylamine groups is 1. The van der Waals surface area contributed by atoms with Gasteiger partial charge < -0.3 is 5.21 Å². The Kier molecular flexibility index (Phi) is 3.80. The monoisotopic (exact) mass is 237 g/mol. The van der Waals surface area contributed by atoms with E-state index in [1.54, 1.807) is 23.1 Å². The van der Waals surface area contributed by atoms with E-state index < -0.39 is 0 Å². The van der Waals surface area contributed by atoms with Crippen LogP contribution in [-0.4, -0.2) is 5.21 Å². The van der Waals surface area contributed by atoms with E-state index in [9.17, 15) is 0 Å². The summed E-state index contributed by atoms with van der Waals surface area (Å²) in [7, 11) is 0. The molecule has 4 heteroatoms. The Morgan fingerprint density at radius 1 is 1.20 bits per heavy atom. The third-order valence-corrected chi connectivity index (χ3v) is 4.17. The topological polar surface area (TPSA) is 32.3 Å². The molecule has 0 bridgehead atoms. The van der Waals surface area contributed by atoms with E-state index in [2.05, 4.69) is 17.6 Å². The molecular formula is C11H11NOS2. The minimum atomic E-state index is 0.499. The number of benzene rings is 1. The Bertz CT molecular complexity index is 414. The second-order valence-electron chi connectivity index (χ2n) is 2.98. The zero-order valence-corrected chi connectivity index (χ0v) is 9.65. The van der Waals surface area contributed by atoms with Crippen LogP contribution < -0.4 is 5.48 Å². The molecule has 1 aromatic carbocycles. The van der Waals surface area contributed by atoms with Gasteiger partial charge in [-0.3, -0.25) is 0 Å². The fraction of sp³-hybridized carbons (Fsp3) is 0.0909. The van der Waals surface area contributed by atoms with Gasteiger partial charge in [-0.05, 0) is 29.1 Å². The first-order valence-electron chi connectivity index (χ1n) is 4.56. The van der Waals surface area contributed by atoms with Crippen LogP contribution in [0.4, 0.5) is 0 Å². The zero-order valence-electron chi connectivity index (χ0n) is 8.01. The predicted octanol–water partition coefficient (Wildman–Crippen LogP) is 3.38. The molecule has 0 amide bonds. The fourth-order valence-corrected chi connectivity index (χ4v) is 3.30. The van der Waals surface area contributed by atoms with Gasteiger partial charge in [-0.25, -0.2) is 5.48 Å². The molecule has 0 radical (unpaired) electrons. The molecule has 0 aliphatic carbocycles. The molecular weight excluding hydrogens is 226 g/mol. The van der Waals surface area contributed by atoms with Gasteiger partial charge in [0, 0.05) is 11.4 Å². The van der Waals surface area contributed by atoms with Crippen LogP contribution in [0.2, 0.25) is 0 Å². The van der Waals surface area contributed by atoms with Crippen molar-refractivity contribution >= 4 is 23.1 Å². The second-order valence-corrected chi connectivity index (χ2v) is 5.24. The molecule has 15 heavy (non-hydrogen) atoms. The molecule has 0 saturated heterocycles. The van der Waals surface area contributed by atoms with E-state index in [1.807, 2.05) is 29.6 Å². The number of hydrogen-bond donors (Lipinski definition) is 2. The van der Waals surface area contributed by atoms with Crippen molar-refractivity contribution in [1.82, 2.24) is 5.48 Å². The molecule has 0 aliphatic heterocycles. The molecule has 78 valence electrons. The first-order valence-corrected chi connectivity index (χ1v) is 6.26. The number of rotatable bonds is 4. The first-order chi connectivity index (χ1) is 7.40. The van der Waals surface area contributed by atoms with Crippen LogP contribution in [0, 0.1) is 0 Å². The molecule has 0 aliphatic rings. The van der Waals surface area contributed by atoms with Gasteiger partial charge >= 0.3 is 0 Å². The normalized spacial score (nSPS) is 10.5. The average Bonchev–Trinajstić information content (AvgIpc) is 2.68. The summed E-state index contributed by atoms with van der Waals surface area (Å²) in [6.07, 6.45) is 0. The lowest BCUT2D eigenvalue weighted by atomic mass is 10.3. The molecule has 2 aromatic rings. The van der Waals surface area contributed by atoms with Crippen molar-refractivity contribution in [2.45, 2.75) is 15.6 Å². The lowest BCUT2D eigenvalue weighted by Crippen LogP contribution is -2.05. The summed E-state index contributed by atoms with van der Waals surface area (Å²) < 4.78 is 1.22. The first kappa shape index (κ1) is 10.7. The maximum Gasteiger partial charge on any atom is 0.0692 e. The highest BCUT2D eigenvalue weighted by molar-refractivity contribution is 8.01. The summed E-state index contributed by atoms with van der Waals surface area (Å²) in [6, 6.07) is 12.3. The smallest absolute Gasteiger partial charge is 0.0692 e. The lowest BCUT2D eigenvalue weighted by Gasteiger charge is -2.02. The van der Waals surface area contributed by atoms with Crippen LogP contribution in [-0.2, 0) is 6.54 Å². The molecule has 0 saturated carbocycles. The molecule has 0 unspecified atom stereocenters. The van der Waals surface area contributed by atoms with Gasteiger partial charge in [0.2, 0.25) is 0 Å². The van der Waals surface area contributed by atoms with Crippen molar-refractivity contribution in [3.8, 4) is 0 Å². The molecule has 1 aromatic heterocycles. The Balaban J connectivity index is 2.14. The van der Waals surface area contributed by atoms with Gasteiger partial charge in [0.1, 0.15) is 0 Å². The highest BCUT2D eigenvalue weighted by atomic mass is 32.2. The molecule has 1 heterocycles. The quantitative estimate of drug-likeness (QED) is 0.800. The maximum absolute atomic E-state index is 8.67. The SMILES string of the molecule is ONCc1ccsc1Sc1ccccc1.